The number of benzene rings is 1. The Balaban J connectivity index is 2.65. The summed E-state index contributed by atoms with van der Waals surface area (Å²) in [5.41, 5.74) is 1.38. The van der Waals surface area contributed by atoms with Crippen molar-refractivity contribution < 1.29 is 19.0 Å². The second kappa shape index (κ2) is 6.83. The molecule has 4 nitrogen and oxygen atoms in total. The highest BCUT2D eigenvalue weighted by molar-refractivity contribution is 5.89. The Morgan fingerprint density at radius 1 is 1.41 bits per heavy atom. The predicted octanol–water partition coefficient (Wildman–Crippen LogP) is 2.45. The summed E-state index contributed by atoms with van der Waals surface area (Å²) in [5.74, 6) is -0.485. The molecule has 0 bridgehead atoms. The van der Waals surface area contributed by atoms with Crippen LogP contribution >= 0.6 is 0 Å². The minimum absolute atomic E-state index is 0.404. The van der Waals surface area contributed by atoms with Crippen LogP contribution in [-0.2, 0) is 14.2 Å². The molecule has 0 saturated heterocycles. The van der Waals surface area contributed by atoms with Crippen molar-refractivity contribution >= 4 is 12.0 Å². The van der Waals surface area contributed by atoms with Crippen LogP contribution in [0, 0.1) is 0 Å². The molecule has 1 atom stereocenters. The van der Waals surface area contributed by atoms with Crippen molar-refractivity contribution in [2.24, 2.45) is 0 Å². The Labute approximate surface area is 101 Å². The fourth-order valence-electron chi connectivity index (χ4n) is 1.20. The molecule has 0 aliphatic heterocycles. The van der Waals surface area contributed by atoms with Gasteiger partial charge in [0.05, 0.1) is 12.2 Å². The predicted molar refractivity (Wildman–Crippen MR) is 64.4 cm³/mol. The van der Waals surface area contributed by atoms with Crippen molar-refractivity contribution in [3.05, 3.63) is 42.0 Å². The Morgan fingerprint density at radius 2 is 2.06 bits per heavy atom. The molecular formula is C13H16O4. The highest BCUT2D eigenvalue weighted by atomic mass is 16.8. The minimum Gasteiger partial charge on any atom is -0.407 e. The number of rotatable bonds is 6. The third-order valence-electron chi connectivity index (χ3n) is 2.08. The average molecular weight is 236 g/mol. The van der Waals surface area contributed by atoms with Gasteiger partial charge in [0.1, 0.15) is 0 Å². The normalized spacial score (nSPS) is 11.9. The highest BCUT2D eigenvalue weighted by Crippen LogP contribution is 2.08. The van der Waals surface area contributed by atoms with Crippen LogP contribution in [0.2, 0.25) is 0 Å². The molecule has 92 valence electrons. The van der Waals surface area contributed by atoms with Gasteiger partial charge in [0.2, 0.25) is 0 Å². The van der Waals surface area contributed by atoms with Crippen molar-refractivity contribution in [1.82, 2.24) is 0 Å². The summed E-state index contributed by atoms with van der Waals surface area (Å²) in [6.45, 7) is 4.86. The molecule has 0 aliphatic carbocycles. The zero-order valence-corrected chi connectivity index (χ0v) is 10.0. The molecule has 1 aromatic rings. The van der Waals surface area contributed by atoms with Crippen LogP contribution in [0.15, 0.2) is 30.8 Å². The third-order valence-corrected chi connectivity index (χ3v) is 2.08. The van der Waals surface area contributed by atoms with E-state index in [1.807, 2.05) is 0 Å². The van der Waals surface area contributed by atoms with E-state index in [0.29, 0.717) is 12.2 Å². The lowest BCUT2D eigenvalue weighted by Crippen LogP contribution is -2.23. The van der Waals surface area contributed by atoms with Gasteiger partial charge >= 0.3 is 12.4 Å². The van der Waals surface area contributed by atoms with Crippen LogP contribution in [0.3, 0.4) is 0 Å². The van der Waals surface area contributed by atoms with Crippen molar-refractivity contribution in [2.45, 2.75) is 13.4 Å². The standard InChI is InChI=1S/C13H16O4/c1-4-10-6-8-11(9-7-10)12(14)17-13(15-3)16-5-2/h4,6-9,13H,1,5H2,2-3H3. The first-order chi connectivity index (χ1) is 8.21. The van der Waals surface area contributed by atoms with Crippen LogP contribution in [0.5, 0.6) is 0 Å². The first-order valence-electron chi connectivity index (χ1n) is 5.29. The highest BCUT2D eigenvalue weighted by Gasteiger charge is 2.14. The number of hydrogen-bond donors (Lipinski definition) is 0. The third kappa shape index (κ3) is 4.01. The van der Waals surface area contributed by atoms with E-state index in [0.717, 1.165) is 5.56 Å². The number of esters is 1. The van der Waals surface area contributed by atoms with E-state index in [2.05, 4.69) is 6.58 Å². The Morgan fingerprint density at radius 3 is 2.53 bits per heavy atom. The minimum atomic E-state index is -0.966. The van der Waals surface area contributed by atoms with Gasteiger partial charge in [0.25, 0.3) is 0 Å². The smallest absolute Gasteiger partial charge is 0.342 e. The van der Waals surface area contributed by atoms with Crippen LogP contribution < -0.4 is 0 Å². The zero-order valence-electron chi connectivity index (χ0n) is 10.0. The molecule has 17 heavy (non-hydrogen) atoms. The SMILES string of the molecule is C=Cc1ccc(C(=O)OC(OC)OCC)cc1. The molecular weight excluding hydrogens is 220 g/mol. The van der Waals surface area contributed by atoms with Gasteiger partial charge in [-0.2, -0.15) is 0 Å². The molecule has 0 saturated carbocycles. The molecule has 0 amide bonds. The number of carbonyl (C=O) groups excluding carboxylic acids is 1. The Hall–Kier alpha value is -1.65. The Bertz CT molecular complexity index is 370. The van der Waals surface area contributed by atoms with Gasteiger partial charge in [-0.3, -0.25) is 0 Å². The number of methoxy groups -OCH3 is 1. The van der Waals surface area contributed by atoms with Gasteiger partial charge in [0.15, 0.2) is 0 Å². The number of ether oxygens (including phenoxy) is 3. The lowest BCUT2D eigenvalue weighted by molar-refractivity contribution is -0.246. The van der Waals surface area contributed by atoms with E-state index < -0.39 is 12.4 Å². The van der Waals surface area contributed by atoms with Crippen LogP contribution in [0.4, 0.5) is 0 Å². The maximum absolute atomic E-state index is 11.7. The summed E-state index contributed by atoms with van der Waals surface area (Å²) in [5, 5.41) is 0. The van der Waals surface area contributed by atoms with Gasteiger partial charge in [-0.05, 0) is 24.6 Å². The topological polar surface area (TPSA) is 44.8 Å². The van der Waals surface area contributed by atoms with Gasteiger partial charge in [-0.15, -0.1) is 0 Å². The van der Waals surface area contributed by atoms with E-state index in [-0.39, 0.29) is 0 Å². The van der Waals surface area contributed by atoms with Gasteiger partial charge in [-0.25, -0.2) is 4.79 Å². The zero-order chi connectivity index (χ0) is 12.7. The second-order valence-corrected chi connectivity index (χ2v) is 3.21. The van der Waals surface area contributed by atoms with E-state index in [9.17, 15) is 4.79 Å². The van der Waals surface area contributed by atoms with Crippen molar-refractivity contribution in [3.63, 3.8) is 0 Å². The summed E-state index contributed by atoms with van der Waals surface area (Å²) in [6.07, 6.45) is 1.70. The molecule has 0 radical (unpaired) electrons. The maximum atomic E-state index is 11.7. The van der Waals surface area contributed by atoms with Gasteiger partial charge in [0, 0.05) is 7.11 Å². The molecule has 0 aliphatic rings. The first kappa shape index (κ1) is 13.4. The van der Waals surface area contributed by atoms with Gasteiger partial charge < -0.3 is 14.2 Å². The van der Waals surface area contributed by atoms with Crippen molar-refractivity contribution in [2.75, 3.05) is 13.7 Å². The average Bonchev–Trinajstić information content (AvgIpc) is 2.38. The van der Waals surface area contributed by atoms with Gasteiger partial charge in [-0.1, -0.05) is 24.8 Å². The summed E-state index contributed by atoms with van der Waals surface area (Å²) < 4.78 is 14.9. The van der Waals surface area contributed by atoms with E-state index in [1.54, 1.807) is 37.3 Å². The quantitative estimate of drug-likeness (QED) is 0.562. The Kier molecular flexibility index (Phi) is 5.39. The van der Waals surface area contributed by atoms with Crippen LogP contribution in [-0.4, -0.2) is 26.2 Å². The summed E-state index contributed by atoms with van der Waals surface area (Å²) in [6, 6.07) is 6.90. The molecule has 0 spiro atoms. The van der Waals surface area contributed by atoms with E-state index >= 15 is 0 Å². The van der Waals surface area contributed by atoms with Crippen molar-refractivity contribution in [3.8, 4) is 0 Å². The fourth-order valence-corrected chi connectivity index (χ4v) is 1.20. The second-order valence-electron chi connectivity index (χ2n) is 3.21. The largest absolute Gasteiger partial charge is 0.407 e. The summed E-state index contributed by atoms with van der Waals surface area (Å²) >= 11 is 0. The van der Waals surface area contributed by atoms with E-state index in [4.69, 9.17) is 14.2 Å². The summed E-state index contributed by atoms with van der Waals surface area (Å²) in [7, 11) is 1.41. The number of hydrogen-bond acceptors (Lipinski definition) is 4. The fraction of sp³-hybridized carbons (Fsp3) is 0.308. The van der Waals surface area contributed by atoms with Crippen molar-refractivity contribution in [1.29, 1.82) is 0 Å². The maximum Gasteiger partial charge on any atom is 0.342 e. The number of carbonyl (C=O) groups is 1. The monoisotopic (exact) mass is 236 g/mol. The molecule has 0 fully saturated rings. The molecule has 0 aromatic heterocycles. The summed E-state index contributed by atoms with van der Waals surface area (Å²) in [4.78, 5) is 11.7. The molecule has 1 aromatic carbocycles. The lowest BCUT2D eigenvalue weighted by Gasteiger charge is -2.15. The van der Waals surface area contributed by atoms with E-state index in [1.165, 1.54) is 7.11 Å². The van der Waals surface area contributed by atoms with Crippen LogP contribution in [0.25, 0.3) is 6.08 Å². The first-order valence-corrected chi connectivity index (χ1v) is 5.29. The molecule has 1 rings (SSSR count). The van der Waals surface area contributed by atoms with Crippen LogP contribution in [0.1, 0.15) is 22.8 Å². The molecule has 4 heteroatoms. The lowest BCUT2D eigenvalue weighted by atomic mass is 10.1. The molecule has 0 heterocycles. The molecule has 0 N–H and O–H groups in total. The molecule has 1 unspecified atom stereocenters.